The lowest BCUT2D eigenvalue weighted by atomic mass is 9.77. The van der Waals surface area contributed by atoms with Crippen LogP contribution < -0.4 is 9.47 Å². The van der Waals surface area contributed by atoms with E-state index >= 15 is 0 Å². The minimum Gasteiger partial charge on any atom is -0.507 e. The van der Waals surface area contributed by atoms with Gasteiger partial charge < -0.3 is 24.1 Å². The van der Waals surface area contributed by atoms with Crippen LogP contribution >= 0.6 is 0 Å². The quantitative estimate of drug-likeness (QED) is 0.730. The van der Waals surface area contributed by atoms with Crippen molar-refractivity contribution >= 4 is 11.6 Å². The molecular formula is C21H14O8. The van der Waals surface area contributed by atoms with Crippen LogP contribution in [0, 0.1) is 0 Å². The zero-order chi connectivity index (χ0) is 19.7. The van der Waals surface area contributed by atoms with Crippen LogP contribution in [0.1, 0.15) is 38.3 Å². The van der Waals surface area contributed by atoms with E-state index in [0.717, 1.165) is 0 Å². The van der Waals surface area contributed by atoms with Crippen LogP contribution in [0.2, 0.25) is 0 Å². The molecule has 1 saturated heterocycles. The summed E-state index contributed by atoms with van der Waals surface area (Å²) in [5.74, 6) is -2.79. The highest BCUT2D eigenvalue weighted by Crippen LogP contribution is 2.65. The minimum absolute atomic E-state index is 0.0667. The summed E-state index contributed by atoms with van der Waals surface area (Å²) in [5, 5.41) is 10.4. The Morgan fingerprint density at radius 3 is 2.69 bits per heavy atom. The lowest BCUT2D eigenvalue weighted by molar-refractivity contribution is -0.390. The van der Waals surface area contributed by atoms with Gasteiger partial charge in [-0.15, -0.1) is 0 Å². The number of methoxy groups -OCH3 is 1. The first-order chi connectivity index (χ1) is 14.0. The number of benzene rings is 2. The fraction of sp³-hybridized carbons (Fsp3) is 0.333. The summed E-state index contributed by atoms with van der Waals surface area (Å²) in [6, 6.07) is 8.15. The highest BCUT2D eigenvalue weighted by Gasteiger charge is 2.76. The van der Waals surface area contributed by atoms with Crippen molar-refractivity contribution in [2.24, 2.45) is 0 Å². The van der Waals surface area contributed by atoms with E-state index in [9.17, 15) is 14.7 Å². The Morgan fingerprint density at radius 1 is 1.07 bits per heavy atom. The third-order valence-electron chi connectivity index (χ3n) is 6.45. The maximum atomic E-state index is 12.8. The van der Waals surface area contributed by atoms with Crippen molar-refractivity contribution in [3.05, 3.63) is 52.6 Å². The molecule has 7 rings (SSSR count). The molecule has 0 radical (unpaired) electrons. The molecule has 1 fully saturated rings. The van der Waals surface area contributed by atoms with E-state index in [4.69, 9.17) is 23.7 Å². The molecular weight excluding hydrogens is 380 g/mol. The summed E-state index contributed by atoms with van der Waals surface area (Å²) in [5.41, 5.74) is 1.32. The summed E-state index contributed by atoms with van der Waals surface area (Å²) in [6.07, 6.45) is -2.12. The van der Waals surface area contributed by atoms with Crippen molar-refractivity contribution in [2.45, 2.75) is 36.3 Å². The Bertz CT molecular complexity index is 1170. The van der Waals surface area contributed by atoms with Crippen molar-refractivity contribution in [3.8, 4) is 17.2 Å². The van der Waals surface area contributed by atoms with E-state index in [1.807, 2.05) is 0 Å². The maximum absolute atomic E-state index is 12.8. The van der Waals surface area contributed by atoms with Gasteiger partial charge in [0.05, 0.1) is 16.7 Å². The minimum atomic E-state index is -1.48. The second-order valence-corrected chi connectivity index (χ2v) is 7.85. The molecule has 3 heterocycles. The second-order valence-electron chi connectivity index (χ2n) is 7.85. The molecule has 1 N–H and O–H groups in total. The van der Waals surface area contributed by atoms with Crippen LogP contribution in [-0.2, 0) is 25.8 Å². The lowest BCUT2D eigenvalue weighted by Gasteiger charge is -2.56. The van der Waals surface area contributed by atoms with Crippen molar-refractivity contribution in [3.63, 3.8) is 0 Å². The van der Waals surface area contributed by atoms with E-state index in [1.165, 1.54) is 13.2 Å². The van der Waals surface area contributed by atoms with Crippen molar-refractivity contribution in [2.75, 3.05) is 7.11 Å². The number of ketones is 2. The van der Waals surface area contributed by atoms with Crippen molar-refractivity contribution in [1.29, 1.82) is 0 Å². The topological polar surface area (TPSA) is 104 Å². The Labute approximate surface area is 163 Å². The van der Waals surface area contributed by atoms with Crippen LogP contribution in [0.3, 0.4) is 0 Å². The number of phenols is 1. The van der Waals surface area contributed by atoms with E-state index in [0.29, 0.717) is 28.2 Å². The molecule has 2 aromatic rings. The Hall–Kier alpha value is -2.94. The number of Topliss-reactive ketones (excluding diaryl/α,β-unsaturated/α-hetero) is 2. The predicted molar refractivity (Wildman–Crippen MR) is 93.0 cm³/mol. The molecule has 3 aliphatic heterocycles. The number of aromatic hydroxyl groups is 1. The number of carbonyl (C=O) groups is 2. The van der Waals surface area contributed by atoms with Gasteiger partial charge in [0.1, 0.15) is 23.4 Å². The number of ether oxygens (including phenoxy) is 5. The first-order valence-electron chi connectivity index (χ1n) is 9.34. The standard InChI is InChI=1S/C21H14O8/c1-25-13-7-10(23)8-3-2-4-11-15(8)20(13)27-12-6-5-9(22)14-16(12)21(28-11,29-20)19-18(26-19)17(14)24/h2-6,13,18-19,22H,7H2,1H3/t13-,18?,19?,20?,21?/m1/s1. The average molecular weight is 394 g/mol. The third kappa shape index (κ3) is 1.57. The van der Waals surface area contributed by atoms with Crippen LogP contribution in [-0.4, -0.2) is 42.1 Å². The van der Waals surface area contributed by atoms with Gasteiger partial charge in [-0.1, -0.05) is 12.1 Å². The smallest absolute Gasteiger partial charge is 0.274 e. The molecule has 2 bridgehead atoms. The molecule has 8 heteroatoms. The summed E-state index contributed by atoms with van der Waals surface area (Å²) < 4.78 is 30.5. The Kier molecular flexibility index (Phi) is 2.53. The fourth-order valence-corrected chi connectivity index (χ4v) is 5.20. The first kappa shape index (κ1) is 15.9. The van der Waals surface area contributed by atoms with Crippen LogP contribution in [0.25, 0.3) is 0 Å². The summed E-state index contributed by atoms with van der Waals surface area (Å²) in [6.45, 7) is 0. The van der Waals surface area contributed by atoms with Gasteiger partial charge in [0.2, 0.25) is 0 Å². The average Bonchev–Trinajstić information content (AvgIpc) is 3.52. The molecule has 2 aliphatic carbocycles. The number of rotatable bonds is 1. The number of phenolic OH excluding ortho intramolecular Hbond substituents is 1. The molecule has 0 aromatic heterocycles. The van der Waals surface area contributed by atoms with Gasteiger partial charge in [0.15, 0.2) is 23.8 Å². The second kappa shape index (κ2) is 4.62. The monoisotopic (exact) mass is 394 g/mol. The van der Waals surface area contributed by atoms with Crippen LogP contribution in [0.5, 0.6) is 17.2 Å². The van der Waals surface area contributed by atoms with E-state index < -0.39 is 29.9 Å². The highest BCUT2D eigenvalue weighted by atomic mass is 16.8. The molecule has 0 amide bonds. The largest absolute Gasteiger partial charge is 0.507 e. The first-order valence-corrected chi connectivity index (χ1v) is 9.34. The van der Waals surface area contributed by atoms with E-state index in [1.54, 1.807) is 24.3 Å². The van der Waals surface area contributed by atoms with Gasteiger partial charge >= 0.3 is 0 Å². The summed E-state index contributed by atoms with van der Waals surface area (Å²) in [4.78, 5) is 25.5. The third-order valence-corrected chi connectivity index (χ3v) is 6.45. The van der Waals surface area contributed by atoms with Crippen molar-refractivity contribution < 1.29 is 38.4 Å². The Morgan fingerprint density at radius 2 is 1.86 bits per heavy atom. The highest BCUT2D eigenvalue weighted by molar-refractivity contribution is 6.07. The molecule has 2 spiro atoms. The van der Waals surface area contributed by atoms with Gasteiger partial charge in [0.25, 0.3) is 11.6 Å². The molecule has 2 aromatic carbocycles. The summed E-state index contributed by atoms with van der Waals surface area (Å²) in [7, 11) is 1.49. The van der Waals surface area contributed by atoms with Gasteiger partial charge in [-0.05, 0) is 18.2 Å². The Balaban J connectivity index is 1.60. The predicted octanol–water partition coefficient (Wildman–Crippen LogP) is 1.76. The number of epoxide rings is 1. The number of fused-ring (bicyclic) bond motifs is 1. The zero-order valence-electron chi connectivity index (χ0n) is 15.1. The van der Waals surface area contributed by atoms with Gasteiger partial charge in [-0.25, -0.2) is 0 Å². The normalized spacial score (nSPS) is 36.9. The number of hydrogen-bond acceptors (Lipinski definition) is 8. The molecule has 0 saturated carbocycles. The van der Waals surface area contributed by atoms with Crippen LogP contribution in [0.4, 0.5) is 0 Å². The molecule has 8 nitrogen and oxygen atoms in total. The van der Waals surface area contributed by atoms with Crippen molar-refractivity contribution in [1.82, 2.24) is 0 Å². The molecule has 5 atom stereocenters. The van der Waals surface area contributed by atoms with E-state index in [2.05, 4.69) is 0 Å². The number of hydrogen-bond donors (Lipinski definition) is 1. The van der Waals surface area contributed by atoms with Gasteiger partial charge in [0, 0.05) is 19.1 Å². The SMILES string of the molecule is CO[C@@H]1CC(=O)c2cccc3c2C12Oc1ccc(O)c4c1C(O3)(O2)C1OC1C4=O. The maximum Gasteiger partial charge on any atom is 0.274 e. The lowest BCUT2D eigenvalue weighted by Crippen LogP contribution is -2.65. The van der Waals surface area contributed by atoms with Crippen LogP contribution in [0.15, 0.2) is 30.3 Å². The van der Waals surface area contributed by atoms with E-state index in [-0.39, 0.29) is 29.3 Å². The molecule has 5 aliphatic rings. The zero-order valence-corrected chi connectivity index (χ0v) is 15.1. The van der Waals surface area contributed by atoms with Gasteiger partial charge in [-0.3, -0.25) is 14.3 Å². The summed E-state index contributed by atoms with van der Waals surface area (Å²) >= 11 is 0. The number of carbonyl (C=O) groups excluding carboxylic acids is 2. The molecule has 146 valence electrons. The van der Waals surface area contributed by atoms with Gasteiger partial charge in [-0.2, -0.15) is 0 Å². The molecule has 4 unspecified atom stereocenters. The molecule has 29 heavy (non-hydrogen) atoms. The fourth-order valence-electron chi connectivity index (χ4n) is 5.20.